The van der Waals surface area contributed by atoms with Crippen LogP contribution in [0.2, 0.25) is 5.02 Å². The van der Waals surface area contributed by atoms with E-state index in [9.17, 15) is 14.4 Å². The van der Waals surface area contributed by atoms with Gasteiger partial charge in [0.2, 0.25) is 6.20 Å². The fourth-order valence-electron chi connectivity index (χ4n) is 2.79. The van der Waals surface area contributed by atoms with Crippen molar-refractivity contribution in [3.8, 4) is 23.0 Å². The molecule has 0 radical (unpaired) electrons. The Hall–Kier alpha value is -3.52. The van der Waals surface area contributed by atoms with E-state index in [0.717, 1.165) is 6.07 Å². The molecular formula is C21H18ClFN2O5. The third-order valence-electron chi connectivity index (χ3n) is 4.18. The lowest BCUT2D eigenvalue weighted by molar-refractivity contribution is -0.604. The molecule has 0 aliphatic rings. The highest BCUT2D eigenvalue weighted by molar-refractivity contribution is 6.33. The van der Waals surface area contributed by atoms with E-state index in [1.165, 1.54) is 44.8 Å². The van der Waals surface area contributed by atoms with Crippen molar-refractivity contribution in [3.05, 3.63) is 76.0 Å². The van der Waals surface area contributed by atoms with Gasteiger partial charge >= 0.3 is 0 Å². The first-order chi connectivity index (χ1) is 14.3. The Morgan fingerprint density at radius 3 is 2.57 bits per heavy atom. The summed E-state index contributed by atoms with van der Waals surface area (Å²) in [5.74, 6) is -0.580. The minimum Gasteiger partial charge on any atom is -0.619 e. The van der Waals surface area contributed by atoms with Crippen molar-refractivity contribution in [2.75, 3.05) is 19.5 Å². The summed E-state index contributed by atoms with van der Waals surface area (Å²) in [6.45, 7) is 1.72. The topological polar surface area (TPSA) is 83.7 Å². The Labute approximate surface area is 177 Å². The lowest BCUT2D eigenvalue weighted by Crippen LogP contribution is -2.25. The van der Waals surface area contributed by atoms with E-state index in [2.05, 4.69) is 5.32 Å². The van der Waals surface area contributed by atoms with Gasteiger partial charge in [-0.2, -0.15) is 4.73 Å². The summed E-state index contributed by atoms with van der Waals surface area (Å²) in [6, 6.07) is 8.34. The van der Waals surface area contributed by atoms with Gasteiger partial charge in [0.1, 0.15) is 22.8 Å². The molecule has 0 spiro atoms. The summed E-state index contributed by atoms with van der Waals surface area (Å²) in [5, 5.41) is 14.3. The minimum atomic E-state index is -0.615. The molecule has 9 heteroatoms. The number of anilines is 1. The van der Waals surface area contributed by atoms with Crippen LogP contribution in [0.4, 0.5) is 10.1 Å². The molecule has 0 atom stereocenters. The number of pyridine rings is 1. The molecule has 1 aromatic heterocycles. The average molecular weight is 433 g/mol. The summed E-state index contributed by atoms with van der Waals surface area (Å²) >= 11 is 6.34. The zero-order chi connectivity index (χ0) is 21.8. The summed E-state index contributed by atoms with van der Waals surface area (Å²) < 4.78 is 30.5. The highest BCUT2D eigenvalue weighted by atomic mass is 35.5. The number of carbonyl (C=O) groups is 1. The van der Waals surface area contributed by atoms with Gasteiger partial charge in [-0.1, -0.05) is 11.6 Å². The molecule has 7 nitrogen and oxygen atoms in total. The van der Waals surface area contributed by atoms with E-state index in [-0.39, 0.29) is 39.3 Å². The maximum atomic E-state index is 13.5. The summed E-state index contributed by atoms with van der Waals surface area (Å²) in [5.41, 5.74) is 0.862. The van der Waals surface area contributed by atoms with Crippen molar-refractivity contribution in [2.24, 2.45) is 0 Å². The first-order valence-corrected chi connectivity index (χ1v) is 9.10. The molecule has 0 unspecified atom stereocenters. The number of carbonyl (C=O) groups excluding carboxylic acids is 1. The highest BCUT2D eigenvalue weighted by Crippen LogP contribution is 2.42. The molecule has 0 fully saturated rings. The van der Waals surface area contributed by atoms with Crippen molar-refractivity contribution < 1.29 is 28.1 Å². The molecular weight excluding hydrogens is 415 g/mol. The molecule has 3 rings (SSSR count). The van der Waals surface area contributed by atoms with Crippen LogP contribution >= 0.6 is 11.6 Å². The Morgan fingerprint density at radius 1 is 1.13 bits per heavy atom. The quantitative estimate of drug-likeness (QED) is 0.458. The van der Waals surface area contributed by atoms with E-state index in [1.54, 1.807) is 19.1 Å². The molecule has 0 aliphatic heterocycles. The van der Waals surface area contributed by atoms with Gasteiger partial charge < -0.3 is 24.7 Å². The van der Waals surface area contributed by atoms with E-state index < -0.39 is 11.7 Å². The number of amides is 1. The van der Waals surface area contributed by atoms with Crippen molar-refractivity contribution in [1.29, 1.82) is 0 Å². The number of aryl methyl sites for hydroxylation is 1. The number of rotatable bonds is 6. The van der Waals surface area contributed by atoms with Gasteiger partial charge in [0.15, 0.2) is 23.4 Å². The highest BCUT2D eigenvalue weighted by Gasteiger charge is 2.25. The number of methoxy groups -OCH3 is 2. The first kappa shape index (κ1) is 21.2. The number of aromatic nitrogens is 1. The smallest absolute Gasteiger partial charge is 0.263 e. The predicted octanol–water partition coefficient (Wildman–Crippen LogP) is 4.48. The van der Waals surface area contributed by atoms with Crippen molar-refractivity contribution in [2.45, 2.75) is 6.92 Å². The molecule has 2 aromatic carbocycles. The molecule has 3 aromatic rings. The van der Waals surface area contributed by atoms with E-state index in [1.807, 2.05) is 0 Å². The largest absolute Gasteiger partial charge is 0.619 e. The van der Waals surface area contributed by atoms with Crippen LogP contribution in [0.15, 0.2) is 48.8 Å². The Morgan fingerprint density at radius 2 is 1.90 bits per heavy atom. The van der Waals surface area contributed by atoms with Crippen LogP contribution in [0.1, 0.15) is 15.9 Å². The fourth-order valence-corrected chi connectivity index (χ4v) is 3.01. The van der Waals surface area contributed by atoms with Gasteiger partial charge in [0, 0.05) is 12.1 Å². The zero-order valence-corrected chi connectivity index (χ0v) is 17.1. The van der Waals surface area contributed by atoms with Crippen molar-refractivity contribution in [1.82, 2.24) is 0 Å². The normalized spacial score (nSPS) is 10.4. The number of hydrogen-bond acceptors (Lipinski definition) is 5. The van der Waals surface area contributed by atoms with Crippen LogP contribution in [-0.2, 0) is 0 Å². The van der Waals surface area contributed by atoms with Crippen LogP contribution in [0, 0.1) is 17.9 Å². The second kappa shape index (κ2) is 8.87. The Kier molecular flexibility index (Phi) is 6.27. The number of nitrogens with zero attached hydrogens (tertiary/aromatic N) is 1. The van der Waals surface area contributed by atoms with Gasteiger partial charge in [-0.3, -0.25) is 4.79 Å². The second-order valence-corrected chi connectivity index (χ2v) is 6.60. The number of halogens is 2. The molecule has 0 saturated heterocycles. The predicted molar refractivity (Wildman–Crippen MR) is 109 cm³/mol. The Balaban J connectivity index is 2.09. The molecule has 30 heavy (non-hydrogen) atoms. The monoisotopic (exact) mass is 432 g/mol. The maximum Gasteiger partial charge on any atom is 0.263 e. The summed E-state index contributed by atoms with van der Waals surface area (Å²) in [7, 11) is 2.74. The third-order valence-corrected chi connectivity index (χ3v) is 4.65. The summed E-state index contributed by atoms with van der Waals surface area (Å²) in [4.78, 5) is 13.1. The second-order valence-electron chi connectivity index (χ2n) is 6.22. The third kappa shape index (κ3) is 4.38. The van der Waals surface area contributed by atoms with Crippen LogP contribution in [0.5, 0.6) is 23.0 Å². The Bertz CT molecular complexity index is 1110. The van der Waals surface area contributed by atoms with Gasteiger partial charge in [0.25, 0.3) is 5.91 Å². The SMILES string of the molecule is COc1cc(F)ccc1Oc1cc(C)c(Cl)c(OC)c1C(=O)Nc1ccc[n+]([O-])c1. The van der Waals surface area contributed by atoms with E-state index in [0.29, 0.717) is 10.3 Å². The van der Waals surface area contributed by atoms with E-state index in [4.69, 9.17) is 25.8 Å². The number of hydrogen-bond donors (Lipinski definition) is 1. The van der Waals surface area contributed by atoms with Gasteiger partial charge in [-0.15, -0.1) is 0 Å². The van der Waals surface area contributed by atoms with Gasteiger partial charge in [-0.05, 0) is 36.8 Å². The van der Waals surface area contributed by atoms with Crippen molar-refractivity contribution >= 4 is 23.2 Å². The lowest BCUT2D eigenvalue weighted by atomic mass is 10.1. The molecule has 1 amide bonds. The van der Waals surface area contributed by atoms with Crippen LogP contribution in [0.3, 0.4) is 0 Å². The fraction of sp³-hybridized carbons (Fsp3) is 0.143. The number of benzene rings is 2. The van der Waals surface area contributed by atoms with Gasteiger partial charge in [-0.25, -0.2) is 4.39 Å². The summed E-state index contributed by atoms with van der Waals surface area (Å²) in [6.07, 6.45) is 2.48. The molecule has 1 N–H and O–H groups in total. The molecule has 0 saturated carbocycles. The van der Waals surface area contributed by atoms with Gasteiger partial charge in [0.05, 0.1) is 19.2 Å². The zero-order valence-electron chi connectivity index (χ0n) is 16.4. The van der Waals surface area contributed by atoms with Crippen LogP contribution in [-0.4, -0.2) is 20.1 Å². The molecule has 1 heterocycles. The maximum absolute atomic E-state index is 13.5. The molecule has 0 aliphatic carbocycles. The van der Waals surface area contributed by atoms with Crippen LogP contribution in [0.25, 0.3) is 0 Å². The molecule has 156 valence electrons. The average Bonchev–Trinajstić information content (AvgIpc) is 2.71. The standard InChI is InChI=1S/C21H18ClFN2O5/c1-12-9-17(30-15-7-6-13(23)10-16(15)28-2)18(20(29-3)19(12)22)21(26)24-14-5-4-8-25(27)11-14/h4-11H,1-3H3,(H,24,26). The lowest BCUT2D eigenvalue weighted by Gasteiger charge is -2.18. The molecule has 0 bridgehead atoms. The number of ether oxygens (including phenoxy) is 3. The van der Waals surface area contributed by atoms with Crippen molar-refractivity contribution in [3.63, 3.8) is 0 Å². The number of nitrogens with one attached hydrogen (secondary N) is 1. The van der Waals surface area contributed by atoms with Crippen LogP contribution < -0.4 is 24.3 Å². The van der Waals surface area contributed by atoms with E-state index >= 15 is 0 Å². The minimum absolute atomic E-state index is 0.000722. The first-order valence-electron chi connectivity index (χ1n) is 8.72.